The van der Waals surface area contributed by atoms with Crippen LogP contribution < -0.4 is 5.32 Å². The summed E-state index contributed by atoms with van der Waals surface area (Å²) in [5.74, 6) is -0.0867. The summed E-state index contributed by atoms with van der Waals surface area (Å²) in [5, 5.41) is 8.42. The van der Waals surface area contributed by atoms with Crippen molar-refractivity contribution in [1.29, 1.82) is 0 Å². The number of halogens is 1. The van der Waals surface area contributed by atoms with Gasteiger partial charge in [-0.05, 0) is 62.5 Å². The van der Waals surface area contributed by atoms with E-state index in [0.717, 1.165) is 36.6 Å². The van der Waals surface area contributed by atoms with Crippen molar-refractivity contribution < 1.29 is 4.79 Å². The molecule has 3 aromatic rings. The number of rotatable bonds is 7. The minimum Gasteiger partial charge on any atom is -0.348 e. The van der Waals surface area contributed by atoms with Crippen LogP contribution in [0.5, 0.6) is 0 Å². The first-order chi connectivity index (χ1) is 15.0. The Kier molecular flexibility index (Phi) is 6.73. The van der Waals surface area contributed by atoms with E-state index < -0.39 is 0 Å². The lowest BCUT2D eigenvalue weighted by molar-refractivity contribution is 0.0949. The summed E-state index contributed by atoms with van der Waals surface area (Å²) < 4.78 is 1.85. The Hall–Kier alpha value is -2.63. The number of aryl methyl sites for hydroxylation is 1. The molecule has 1 aliphatic rings. The number of nitrogens with one attached hydrogen (secondary N) is 1. The molecule has 31 heavy (non-hydrogen) atoms. The van der Waals surface area contributed by atoms with E-state index in [-0.39, 0.29) is 5.91 Å². The van der Waals surface area contributed by atoms with Gasteiger partial charge in [0.1, 0.15) is 0 Å². The van der Waals surface area contributed by atoms with Gasteiger partial charge in [-0.1, -0.05) is 54.1 Å². The average molecular weight is 437 g/mol. The Labute approximate surface area is 189 Å². The Bertz CT molecular complexity index is 1070. The highest BCUT2D eigenvalue weighted by atomic mass is 35.5. The molecule has 0 spiro atoms. The first kappa shape index (κ1) is 21.6. The largest absolute Gasteiger partial charge is 0.348 e. The van der Waals surface area contributed by atoms with Gasteiger partial charge in [-0.15, -0.1) is 0 Å². The van der Waals surface area contributed by atoms with Gasteiger partial charge >= 0.3 is 0 Å². The number of carbonyl (C=O) groups excluding carboxylic acids is 1. The van der Waals surface area contributed by atoms with Gasteiger partial charge in [-0.2, -0.15) is 5.10 Å². The van der Waals surface area contributed by atoms with Crippen LogP contribution in [0.25, 0.3) is 0 Å². The zero-order valence-electron chi connectivity index (χ0n) is 18.2. The van der Waals surface area contributed by atoms with Crippen molar-refractivity contribution in [2.45, 2.75) is 46.3 Å². The molecule has 1 saturated heterocycles. The quantitative estimate of drug-likeness (QED) is 0.582. The second-order valence-electron chi connectivity index (χ2n) is 8.23. The summed E-state index contributed by atoms with van der Waals surface area (Å²) in [4.78, 5) is 15.5. The van der Waals surface area contributed by atoms with Gasteiger partial charge in [0.15, 0.2) is 0 Å². The topological polar surface area (TPSA) is 50.2 Å². The molecule has 0 bridgehead atoms. The lowest BCUT2D eigenvalue weighted by atomic mass is 10.1. The summed E-state index contributed by atoms with van der Waals surface area (Å²) in [7, 11) is 0. The first-order valence-corrected chi connectivity index (χ1v) is 11.3. The molecule has 0 radical (unpaired) electrons. The van der Waals surface area contributed by atoms with Crippen molar-refractivity contribution in [2.24, 2.45) is 0 Å². The van der Waals surface area contributed by atoms with Crippen molar-refractivity contribution in [1.82, 2.24) is 20.0 Å². The highest BCUT2D eigenvalue weighted by Gasteiger charge is 2.20. The Morgan fingerprint density at radius 1 is 0.968 bits per heavy atom. The van der Waals surface area contributed by atoms with Gasteiger partial charge in [0.2, 0.25) is 0 Å². The van der Waals surface area contributed by atoms with Crippen molar-refractivity contribution in [3.63, 3.8) is 0 Å². The highest BCUT2D eigenvalue weighted by Crippen LogP contribution is 2.20. The Morgan fingerprint density at radius 2 is 1.61 bits per heavy atom. The maximum absolute atomic E-state index is 13.0. The fraction of sp³-hybridized carbons (Fsp3) is 0.360. The zero-order chi connectivity index (χ0) is 21.8. The third-order valence-electron chi connectivity index (χ3n) is 6.04. The molecule has 1 N–H and O–H groups in total. The maximum atomic E-state index is 13.0. The first-order valence-electron chi connectivity index (χ1n) is 10.9. The van der Waals surface area contributed by atoms with Crippen LogP contribution in [0.3, 0.4) is 0 Å². The van der Waals surface area contributed by atoms with Crippen LogP contribution in [0.4, 0.5) is 0 Å². The lowest BCUT2D eigenvalue weighted by Crippen LogP contribution is -2.26. The summed E-state index contributed by atoms with van der Waals surface area (Å²) >= 11 is 6.30. The van der Waals surface area contributed by atoms with Crippen molar-refractivity contribution in [3.05, 3.63) is 87.2 Å². The number of benzene rings is 2. The molecule has 2 heterocycles. The third kappa shape index (κ3) is 5.00. The number of hydrogen-bond acceptors (Lipinski definition) is 3. The van der Waals surface area contributed by atoms with Gasteiger partial charge in [-0.25, -0.2) is 0 Å². The Morgan fingerprint density at radius 3 is 2.32 bits per heavy atom. The molecule has 1 fully saturated rings. The molecule has 0 saturated carbocycles. The van der Waals surface area contributed by atoms with Crippen LogP contribution in [0, 0.1) is 13.8 Å². The fourth-order valence-electron chi connectivity index (χ4n) is 4.30. The van der Waals surface area contributed by atoms with Gasteiger partial charge in [0, 0.05) is 23.8 Å². The number of amides is 1. The molecule has 6 heteroatoms. The molecular weight excluding hydrogens is 408 g/mol. The predicted molar refractivity (Wildman–Crippen MR) is 124 cm³/mol. The normalized spacial score (nSPS) is 14.2. The predicted octanol–water partition coefficient (Wildman–Crippen LogP) is 4.73. The van der Waals surface area contributed by atoms with E-state index in [9.17, 15) is 4.79 Å². The highest BCUT2D eigenvalue weighted by molar-refractivity contribution is 6.31. The van der Waals surface area contributed by atoms with E-state index in [0.29, 0.717) is 23.7 Å². The number of likely N-dealkylation sites (tertiary alicyclic amines) is 1. The van der Waals surface area contributed by atoms with Crippen LogP contribution in [0.2, 0.25) is 5.02 Å². The van der Waals surface area contributed by atoms with Gasteiger partial charge in [0.05, 0.1) is 17.8 Å². The van der Waals surface area contributed by atoms with Gasteiger partial charge in [-0.3, -0.25) is 14.4 Å². The second-order valence-corrected chi connectivity index (χ2v) is 8.64. The molecule has 1 aromatic heterocycles. The van der Waals surface area contributed by atoms with Crippen LogP contribution in [-0.4, -0.2) is 33.7 Å². The number of aromatic nitrogens is 2. The van der Waals surface area contributed by atoms with E-state index in [4.69, 9.17) is 11.6 Å². The van der Waals surface area contributed by atoms with Crippen LogP contribution >= 0.6 is 11.6 Å². The molecule has 1 aliphatic heterocycles. The van der Waals surface area contributed by atoms with Crippen molar-refractivity contribution in [2.75, 3.05) is 13.1 Å². The summed E-state index contributed by atoms with van der Waals surface area (Å²) in [6, 6.07) is 16.1. The van der Waals surface area contributed by atoms with E-state index in [1.165, 1.54) is 24.0 Å². The van der Waals surface area contributed by atoms with E-state index in [2.05, 4.69) is 33.5 Å². The fourth-order valence-corrected chi connectivity index (χ4v) is 4.49. The Balaban J connectivity index is 1.46. The zero-order valence-corrected chi connectivity index (χ0v) is 19.0. The summed E-state index contributed by atoms with van der Waals surface area (Å²) in [6.07, 6.45) is 2.55. The van der Waals surface area contributed by atoms with Crippen LogP contribution in [-0.2, 0) is 19.6 Å². The number of hydrogen-bond donors (Lipinski definition) is 1. The molecule has 5 nitrogen and oxygen atoms in total. The van der Waals surface area contributed by atoms with Crippen molar-refractivity contribution >= 4 is 17.5 Å². The van der Waals surface area contributed by atoms with Gasteiger partial charge < -0.3 is 5.32 Å². The monoisotopic (exact) mass is 436 g/mol. The number of carbonyl (C=O) groups is 1. The van der Waals surface area contributed by atoms with E-state index >= 15 is 0 Å². The second kappa shape index (κ2) is 9.67. The standard InChI is InChI=1S/C25H29ClN4O/c1-18-24(19(2)30(28-18)17-22-11-5-6-12-23(22)26)25(31)27-15-20-9-3-4-10-21(20)16-29-13-7-8-14-29/h3-6,9-12H,7-8,13-17H2,1-2H3,(H,27,31). The molecule has 0 aliphatic carbocycles. The van der Waals surface area contributed by atoms with Gasteiger partial charge in [0.25, 0.3) is 5.91 Å². The maximum Gasteiger partial charge on any atom is 0.255 e. The van der Waals surface area contributed by atoms with E-state index in [1.54, 1.807) is 0 Å². The van der Waals surface area contributed by atoms with Crippen LogP contribution in [0.15, 0.2) is 48.5 Å². The average Bonchev–Trinajstić information content (AvgIpc) is 3.36. The van der Waals surface area contributed by atoms with E-state index in [1.807, 2.05) is 48.9 Å². The lowest BCUT2D eigenvalue weighted by Gasteiger charge is -2.17. The molecule has 0 unspecified atom stereocenters. The number of nitrogens with zero attached hydrogens (tertiary/aromatic N) is 3. The van der Waals surface area contributed by atoms with Crippen LogP contribution in [0.1, 0.15) is 51.3 Å². The SMILES string of the molecule is Cc1nn(Cc2ccccc2Cl)c(C)c1C(=O)NCc1ccccc1CN1CCCC1. The molecule has 4 rings (SSSR count). The minimum absolute atomic E-state index is 0.0867. The molecule has 0 atom stereocenters. The molecule has 1 amide bonds. The minimum atomic E-state index is -0.0867. The summed E-state index contributed by atoms with van der Waals surface area (Å²) in [5.41, 5.74) is 5.66. The smallest absolute Gasteiger partial charge is 0.255 e. The molecule has 162 valence electrons. The molecular formula is C25H29ClN4O. The summed E-state index contributed by atoms with van der Waals surface area (Å²) in [6.45, 7) is 8.13. The third-order valence-corrected chi connectivity index (χ3v) is 6.41. The molecule has 2 aromatic carbocycles. The van der Waals surface area contributed by atoms with Crippen molar-refractivity contribution in [3.8, 4) is 0 Å².